The molecule has 1 unspecified atom stereocenters. The van der Waals surface area contributed by atoms with Crippen LogP contribution in [0, 0.1) is 24.7 Å². The number of phosphoric ester groups is 1. The highest BCUT2D eigenvalue weighted by molar-refractivity contribution is 7.47. The zero-order chi connectivity index (χ0) is 18.6. The van der Waals surface area contributed by atoms with Crippen molar-refractivity contribution in [2.24, 2.45) is 0 Å². The van der Waals surface area contributed by atoms with Crippen molar-refractivity contribution < 1.29 is 27.8 Å². The highest BCUT2D eigenvalue weighted by atomic mass is 31.2. The SMILES string of the molecule is C#CCNCC(=O)N(CC#C)CCOP(=O)(O)OCC[N+](C)(C)C. The van der Waals surface area contributed by atoms with Crippen molar-refractivity contribution in [3.8, 4) is 24.7 Å². The van der Waals surface area contributed by atoms with Crippen molar-refractivity contribution in [3.05, 3.63) is 0 Å². The molecule has 1 atom stereocenters. The molecule has 136 valence electrons. The van der Waals surface area contributed by atoms with Crippen LogP contribution in [-0.2, 0) is 18.4 Å². The van der Waals surface area contributed by atoms with Gasteiger partial charge in [0.1, 0.15) is 13.2 Å². The normalized spacial score (nSPS) is 13.6. The Morgan fingerprint density at radius 2 is 1.88 bits per heavy atom. The number of carbonyl (C=O) groups excluding carboxylic acids is 1. The standard InChI is InChI=1S/C15H26N3O5P/c1-6-8-16-14-15(19)17(9-7-2)10-12-22-24(20,21)23-13-11-18(3,4)5/h1-2,16H,8-14H2,3-5H3/p+1. The van der Waals surface area contributed by atoms with Crippen LogP contribution in [0.15, 0.2) is 0 Å². The van der Waals surface area contributed by atoms with Gasteiger partial charge in [-0.1, -0.05) is 11.8 Å². The number of nitrogens with zero attached hydrogens (tertiary/aromatic N) is 2. The zero-order valence-electron chi connectivity index (χ0n) is 14.5. The summed E-state index contributed by atoms with van der Waals surface area (Å²) >= 11 is 0. The highest BCUT2D eigenvalue weighted by Crippen LogP contribution is 2.42. The number of carbonyl (C=O) groups is 1. The van der Waals surface area contributed by atoms with Crippen molar-refractivity contribution in [1.82, 2.24) is 10.2 Å². The molecule has 0 spiro atoms. The lowest BCUT2D eigenvalue weighted by Crippen LogP contribution is -2.40. The van der Waals surface area contributed by atoms with E-state index in [0.717, 1.165) is 0 Å². The number of terminal acetylenes is 2. The number of hydrogen-bond donors (Lipinski definition) is 2. The second-order valence-electron chi connectivity index (χ2n) is 5.98. The summed E-state index contributed by atoms with van der Waals surface area (Å²) < 4.78 is 22.1. The van der Waals surface area contributed by atoms with Crippen LogP contribution in [0.1, 0.15) is 0 Å². The molecule has 0 saturated heterocycles. The molecule has 0 aromatic carbocycles. The van der Waals surface area contributed by atoms with Gasteiger partial charge < -0.3 is 14.3 Å². The summed E-state index contributed by atoms with van der Waals surface area (Å²) in [5.41, 5.74) is 0. The van der Waals surface area contributed by atoms with Crippen LogP contribution < -0.4 is 5.32 Å². The number of likely N-dealkylation sites (N-methyl/N-ethyl adjacent to an activating group) is 1. The summed E-state index contributed by atoms with van der Waals surface area (Å²) in [5, 5.41) is 2.76. The Kier molecular flexibility index (Phi) is 10.6. The van der Waals surface area contributed by atoms with Crippen LogP contribution in [0.5, 0.6) is 0 Å². The number of amides is 1. The average Bonchev–Trinajstić information content (AvgIpc) is 2.44. The fraction of sp³-hybridized carbons (Fsp3) is 0.667. The van der Waals surface area contributed by atoms with Gasteiger partial charge in [-0.2, -0.15) is 0 Å². The van der Waals surface area contributed by atoms with E-state index in [1.54, 1.807) is 0 Å². The number of quaternary nitrogens is 1. The molecule has 2 N–H and O–H groups in total. The molecule has 8 nitrogen and oxygen atoms in total. The van der Waals surface area contributed by atoms with Gasteiger partial charge in [-0.25, -0.2) is 4.57 Å². The molecular formula is C15H27N3O5P+. The molecule has 0 fully saturated rings. The Bertz CT molecular complexity index is 519. The summed E-state index contributed by atoms with van der Waals surface area (Å²) in [7, 11) is 1.65. The van der Waals surface area contributed by atoms with E-state index in [1.807, 2.05) is 21.1 Å². The van der Waals surface area contributed by atoms with Gasteiger partial charge in [-0.3, -0.25) is 19.2 Å². The molecule has 0 aliphatic rings. The Labute approximate surface area is 144 Å². The van der Waals surface area contributed by atoms with E-state index in [0.29, 0.717) is 11.0 Å². The lowest BCUT2D eigenvalue weighted by Gasteiger charge is -2.24. The number of nitrogens with one attached hydrogen (secondary N) is 1. The second-order valence-corrected chi connectivity index (χ2v) is 7.43. The minimum absolute atomic E-state index is 0.0304. The van der Waals surface area contributed by atoms with Crippen molar-refractivity contribution in [2.45, 2.75) is 0 Å². The smallest absolute Gasteiger partial charge is 0.329 e. The summed E-state index contributed by atoms with van der Waals surface area (Å²) in [5.74, 6) is 4.43. The molecule has 0 aliphatic carbocycles. The predicted molar refractivity (Wildman–Crippen MR) is 91.7 cm³/mol. The van der Waals surface area contributed by atoms with Gasteiger partial charge in [-0.05, 0) is 0 Å². The topological polar surface area (TPSA) is 88.1 Å². The Balaban J connectivity index is 4.26. The Hall–Kier alpha value is -1.38. The van der Waals surface area contributed by atoms with Gasteiger partial charge >= 0.3 is 7.82 Å². The van der Waals surface area contributed by atoms with Gasteiger partial charge in [0.2, 0.25) is 5.91 Å². The zero-order valence-corrected chi connectivity index (χ0v) is 15.4. The predicted octanol–water partition coefficient (Wildman–Crippen LogP) is -0.489. The van der Waals surface area contributed by atoms with E-state index >= 15 is 0 Å². The molecule has 0 rings (SSSR count). The minimum Gasteiger partial charge on any atom is -0.329 e. The Morgan fingerprint density at radius 1 is 1.25 bits per heavy atom. The summed E-state index contributed by atoms with van der Waals surface area (Å²) in [4.78, 5) is 22.8. The molecule has 0 aromatic heterocycles. The summed E-state index contributed by atoms with van der Waals surface area (Å²) in [6.07, 6.45) is 10.3. The Morgan fingerprint density at radius 3 is 2.42 bits per heavy atom. The molecule has 0 radical (unpaired) electrons. The maximum Gasteiger partial charge on any atom is 0.472 e. The molecular weight excluding hydrogens is 333 g/mol. The number of hydrogen-bond acceptors (Lipinski definition) is 5. The lowest BCUT2D eigenvalue weighted by molar-refractivity contribution is -0.870. The third kappa shape index (κ3) is 12.1. The van der Waals surface area contributed by atoms with Crippen LogP contribution in [0.25, 0.3) is 0 Å². The fourth-order valence-electron chi connectivity index (χ4n) is 1.49. The average molecular weight is 360 g/mol. The van der Waals surface area contributed by atoms with E-state index in [1.165, 1.54) is 4.90 Å². The van der Waals surface area contributed by atoms with Crippen molar-refractivity contribution in [1.29, 1.82) is 0 Å². The van der Waals surface area contributed by atoms with Crippen LogP contribution in [-0.4, -0.2) is 87.3 Å². The monoisotopic (exact) mass is 360 g/mol. The van der Waals surface area contributed by atoms with Gasteiger partial charge in [0.15, 0.2) is 0 Å². The molecule has 24 heavy (non-hydrogen) atoms. The summed E-state index contributed by atoms with van der Waals surface area (Å²) in [6.45, 7) is 0.903. The van der Waals surface area contributed by atoms with Crippen LogP contribution >= 0.6 is 7.82 Å². The lowest BCUT2D eigenvalue weighted by atomic mass is 10.4. The molecule has 1 amide bonds. The van der Waals surface area contributed by atoms with Crippen LogP contribution in [0.3, 0.4) is 0 Å². The van der Waals surface area contributed by atoms with Crippen molar-refractivity contribution in [2.75, 3.05) is 67.1 Å². The first-order chi connectivity index (χ1) is 11.1. The number of rotatable bonds is 12. The molecule has 9 heteroatoms. The van der Waals surface area contributed by atoms with Gasteiger partial charge in [-0.15, -0.1) is 12.8 Å². The molecule has 0 heterocycles. The maximum absolute atomic E-state index is 11.9. The molecule has 0 bridgehead atoms. The molecule has 0 aliphatic heterocycles. The van der Waals surface area contributed by atoms with E-state index < -0.39 is 7.82 Å². The van der Waals surface area contributed by atoms with Gasteiger partial charge in [0, 0.05) is 6.54 Å². The van der Waals surface area contributed by atoms with E-state index in [9.17, 15) is 14.3 Å². The van der Waals surface area contributed by atoms with E-state index in [2.05, 4.69) is 17.2 Å². The van der Waals surface area contributed by atoms with E-state index in [-0.39, 0.29) is 45.3 Å². The first kappa shape index (κ1) is 22.6. The third-order valence-electron chi connectivity index (χ3n) is 2.77. The largest absolute Gasteiger partial charge is 0.472 e. The van der Waals surface area contributed by atoms with Gasteiger partial charge in [0.05, 0.1) is 47.4 Å². The summed E-state index contributed by atoms with van der Waals surface area (Å²) in [6, 6.07) is 0. The van der Waals surface area contributed by atoms with Crippen LogP contribution in [0.2, 0.25) is 0 Å². The quantitative estimate of drug-likeness (QED) is 0.211. The fourth-order valence-corrected chi connectivity index (χ4v) is 2.19. The van der Waals surface area contributed by atoms with Crippen LogP contribution in [0.4, 0.5) is 0 Å². The van der Waals surface area contributed by atoms with Gasteiger partial charge in [0.25, 0.3) is 0 Å². The molecule has 0 saturated carbocycles. The maximum atomic E-state index is 11.9. The number of phosphoric acid groups is 1. The second kappa shape index (κ2) is 11.2. The van der Waals surface area contributed by atoms with Crippen molar-refractivity contribution >= 4 is 13.7 Å². The first-order valence-corrected chi connectivity index (χ1v) is 8.88. The first-order valence-electron chi connectivity index (χ1n) is 7.39. The molecule has 0 aromatic rings. The minimum atomic E-state index is -4.15. The van der Waals surface area contributed by atoms with E-state index in [4.69, 9.17) is 21.9 Å². The van der Waals surface area contributed by atoms with Crippen molar-refractivity contribution in [3.63, 3.8) is 0 Å². The highest BCUT2D eigenvalue weighted by Gasteiger charge is 2.23. The third-order valence-corrected chi connectivity index (χ3v) is 3.79.